The third kappa shape index (κ3) is 3.04. The zero-order valence-corrected chi connectivity index (χ0v) is 7.78. The van der Waals surface area contributed by atoms with Gasteiger partial charge < -0.3 is 5.11 Å². The van der Waals surface area contributed by atoms with Crippen LogP contribution in [0, 0.1) is 4.91 Å². The van der Waals surface area contributed by atoms with Crippen LogP contribution < -0.4 is 0 Å². The largest absolute Gasteiger partial charge is 0.478 e. The minimum Gasteiger partial charge on any atom is -0.478 e. The summed E-state index contributed by atoms with van der Waals surface area (Å²) in [5, 5.41) is 11.0. The fourth-order valence-corrected chi connectivity index (χ4v) is 1.18. The second kappa shape index (κ2) is 4.30. The lowest BCUT2D eigenvalue weighted by molar-refractivity contribution is -0.127. The molecule has 0 heterocycles. The first kappa shape index (κ1) is 12.2. The maximum atomic E-state index is 12.0. The van der Waals surface area contributed by atoms with E-state index in [0.29, 0.717) is 0 Å². The lowest BCUT2D eigenvalue weighted by Gasteiger charge is -2.07. The molecular formula is C9H6F3NO3. The normalized spacial score (nSPS) is 11.2. The Labute approximate surface area is 87.7 Å². The predicted octanol–water partition coefficient (Wildman–Crippen LogP) is 2.89. The molecule has 0 aliphatic carbocycles. The Morgan fingerprint density at radius 3 is 2.44 bits per heavy atom. The molecule has 7 heteroatoms. The first-order chi connectivity index (χ1) is 7.33. The number of nitroso groups, excluding NO2 is 1. The monoisotopic (exact) mass is 233 g/mol. The van der Waals surface area contributed by atoms with Crippen molar-refractivity contribution < 1.29 is 23.1 Å². The van der Waals surface area contributed by atoms with Crippen molar-refractivity contribution in [3.05, 3.63) is 34.2 Å². The van der Waals surface area contributed by atoms with E-state index < -0.39 is 29.8 Å². The number of carboxylic acids is 1. The van der Waals surface area contributed by atoms with E-state index in [1.54, 1.807) is 0 Å². The highest BCUT2D eigenvalue weighted by Gasteiger charge is 2.28. The molecule has 0 aromatic heterocycles. The number of nitrogens with zero attached hydrogens (tertiary/aromatic N) is 1. The molecule has 0 aliphatic rings. The smallest absolute Gasteiger partial charge is 0.393 e. The first-order valence-corrected chi connectivity index (χ1v) is 4.10. The fraction of sp³-hybridized carbons (Fsp3) is 0.222. The van der Waals surface area contributed by atoms with E-state index in [4.69, 9.17) is 5.11 Å². The summed E-state index contributed by atoms with van der Waals surface area (Å²) in [6, 6.07) is 2.76. The Bertz CT molecular complexity index is 428. The van der Waals surface area contributed by atoms with Crippen LogP contribution in [0.3, 0.4) is 0 Å². The molecule has 0 aliphatic heterocycles. The van der Waals surface area contributed by atoms with E-state index >= 15 is 0 Å². The SMILES string of the molecule is O=Nc1cc(CC(F)(F)F)ccc1C(=O)O. The van der Waals surface area contributed by atoms with Gasteiger partial charge in [0.1, 0.15) is 5.69 Å². The van der Waals surface area contributed by atoms with Gasteiger partial charge in [-0.05, 0) is 22.9 Å². The molecule has 0 bridgehead atoms. The van der Waals surface area contributed by atoms with Crippen molar-refractivity contribution >= 4 is 11.7 Å². The van der Waals surface area contributed by atoms with Crippen LogP contribution in [0.5, 0.6) is 0 Å². The number of hydrogen-bond donors (Lipinski definition) is 1. The van der Waals surface area contributed by atoms with Crippen LogP contribution >= 0.6 is 0 Å². The Morgan fingerprint density at radius 1 is 1.38 bits per heavy atom. The van der Waals surface area contributed by atoms with Gasteiger partial charge in [0.15, 0.2) is 0 Å². The molecule has 1 rings (SSSR count). The molecule has 0 fully saturated rings. The molecule has 0 radical (unpaired) electrons. The Hall–Kier alpha value is -1.92. The minimum atomic E-state index is -4.41. The molecular weight excluding hydrogens is 227 g/mol. The summed E-state index contributed by atoms with van der Waals surface area (Å²) in [5.41, 5.74) is -1.12. The number of rotatable bonds is 3. The molecule has 1 N–H and O–H groups in total. The Kier molecular flexibility index (Phi) is 3.26. The third-order valence-electron chi connectivity index (χ3n) is 1.80. The van der Waals surface area contributed by atoms with Crippen molar-refractivity contribution in [2.45, 2.75) is 12.6 Å². The average molecular weight is 233 g/mol. The van der Waals surface area contributed by atoms with Gasteiger partial charge in [0, 0.05) is 0 Å². The first-order valence-electron chi connectivity index (χ1n) is 4.10. The van der Waals surface area contributed by atoms with Gasteiger partial charge in [-0.25, -0.2) is 4.79 Å². The van der Waals surface area contributed by atoms with Gasteiger partial charge >= 0.3 is 12.1 Å². The Balaban J connectivity index is 3.09. The topological polar surface area (TPSA) is 66.7 Å². The van der Waals surface area contributed by atoms with Crippen LogP contribution in [0.4, 0.5) is 18.9 Å². The summed E-state index contributed by atoms with van der Waals surface area (Å²) in [4.78, 5) is 20.8. The van der Waals surface area contributed by atoms with Crippen molar-refractivity contribution in [2.24, 2.45) is 5.18 Å². The predicted molar refractivity (Wildman–Crippen MR) is 48.6 cm³/mol. The quantitative estimate of drug-likeness (QED) is 0.816. The Morgan fingerprint density at radius 2 is 2.00 bits per heavy atom. The van der Waals surface area contributed by atoms with Crippen molar-refractivity contribution in [3.8, 4) is 0 Å². The average Bonchev–Trinajstić information content (AvgIpc) is 2.14. The van der Waals surface area contributed by atoms with Crippen LogP contribution in [0.2, 0.25) is 0 Å². The van der Waals surface area contributed by atoms with E-state index in [1.807, 2.05) is 0 Å². The molecule has 16 heavy (non-hydrogen) atoms. The van der Waals surface area contributed by atoms with Crippen molar-refractivity contribution in [2.75, 3.05) is 0 Å². The molecule has 1 aromatic rings. The molecule has 0 saturated heterocycles. The van der Waals surface area contributed by atoms with Gasteiger partial charge in [0.25, 0.3) is 0 Å². The van der Waals surface area contributed by atoms with Crippen LogP contribution in [0.1, 0.15) is 15.9 Å². The molecule has 0 spiro atoms. The molecule has 0 saturated carbocycles. The molecule has 0 unspecified atom stereocenters. The van der Waals surface area contributed by atoms with Gasteiger partial charge in [0.05, 0.1) is 12.0 Å². The standard InChI is InChI=1S/C9H6F3NO3/c10-9(11,12)4-5-1-2-6(8(14)15)7(3-5)13-16/h1-3H,4H2,(H,14,15). The highest BCUT2D eigenvalue weighted by molar-refractivity contribution is 5.93. The van der Waals surface area contributed by atoms with Gasteiger partial charge in [-0.1, -0.05) is 6.07 Å². The van der Waals surface area contributed by atoms with Gasteiger partial charge in [0.2, 0.25) is 0 Å². The zero-order valence-electron chi connectivity index (χ0n) is 7.78. The second-order valence-electron chi connectivity index (χ2n) is 3.04. The van der Waals surface area contributed by atoms with Gasteiger partial charge in [-0.2, -0.15) is 13.2 Å². The lowest BCUT2D eigenvalue weighted by Crippen LogP contribution is -2.11. The number of alkyl halides is 3. The molecule has 0 amide bonds. The number of aromatic carboxylic acids is 1. The molecule has 86 valence electrons. The zero-order chi connectivity index (χ0) is 12.3. The molecule has 4 nitrogen and oxygen atoms in total. The highest BCUT2D eigenvalue weighted by Crippen LogP contribution is 2.26. The van der Waals surface area contributed by atoms with Crippen molar-refractivity contribution in [3.63, 3.8) is 0 Å². The highest BCUT2D eigenvalue weighted by atomic mass is 19.4. The van der Waals surface area contributed by atoms with Crippen LogP contribution in [-0.4, -0.2) is 17.3 Å². The number of benzene rings is 1. The summed E-state index contributed by atoms with van der Waals surface area (Å²) in [5.74, 6) is -1.41. The summed E-state index contributed by atoms with van der Waals surface area (Å²) in [7, 11) is 0. The molecule has 0 atom stereocenters. The molecule has 1 aromatic carbocycles. The van der Waals surface area contributed by atoms with Gasteiger partial charge in [-0.15, -0.1) is 4.91 Å². The summed E-state index contributed by atoms with van der Waals surface area (Å²) in [6.45, 7) is 0. The van der Waals surface area contributed by atoms with E-state index in [-0.39, 0.29) is 5.56 Å². The lowest BCUT2D eigenvalue weighted by atomic mass is 10.1. The van der Waals surface area contributed by atoms with E-state index in [0.717, 1.165) is 18.2 Å². The number of carboxylic acid groups (broad SMARTS) is 1. The van der Waals surface area contributed by atoms with E-state index in [2.05, 4.69) is 5.18 Å². The number of carbonyl (C=O) groups is 1. The van der Waals surface area contributed by atoms with E-state index in [9.17, 15) is 22.9 Å². The maximum Gasteiger partial charge on any atom is 0.393 e. The van der Waals surface area contributed by atoms with Crippen LogP contribution in [0.15, 0.2) is 23.4 Å². The second-order valence-corrected chi connectivity index (χ2v) is 3.04. The minimum absolute atomic E-state index is 0.202. The maximum absolute atomic E-state index is 12.0. The van der Waals surface area contributed by atoms with E-state index in [1.165, 1.54) is 0 Å². The van der Waals surface area contributed by atoms with Crippen molar-refractivity contribution in [1.82, 2.24) is 0 Å². The van der Waals surface area contributed by atoms with Gasteiger partial charge in [-0.3, -0.25) is 0 Å². The summed E-state index contributed by atoms with van der Waals surface area (Å²) < 4.78 is 36.0. The van der Waals surface area contributed by atoms with Crippen molar-refractivity contribution in [1.29, 1.82) is 0 Å². The van der Waals surface area contributed by atoms with Crippen LogP contribution in [-0.2, 0) is 6.42 Å². The fourth-order valence-electron chi connectivity index (χ4n) is 1.18. The number of halogens is 3. The number of hydrogen-bond acceptors (Lipinski definition) is 3. The summed E-state index contributed by atoms with van der Waals surface area (Å²) >= 11 is 0. The summed E-state index contributed by atoms with van der Waals surface area (Å²) in [6.07, 6.45) is -5.64. The van der Waals surface area contributed by atoms with Crippen LogP contribution in [0.25, 0.3) is 0 Å². The third-order valence-corrected chi connectivity index (χ3v) is 1.80.